The molecular weight excluding hydrogens is 276 g/mol. The molecule has 0 aliphatic carbocycles. The molecule has 106 valence electrons. The Balaban J connectivity index is 2.24. The maximum Gasteiger partial charge on any atom is 0.296 e. The molecule has 0 fully saturated rings. The zero-order valence-electron chi connectivity index (χ0n) is 11.9. The molecule has 0 atom stereocenters. The molecule has 0 amide bonds. The van der Waals surface area contributed by atoms with E-state index in [4.69, 9.17) is 0 Å². The molecule has 5 heteroatoms. The minimum atomic E-state index is -0.243. The minimum absolute atomic E-state index is 0.243. The fourth-order valence-electron chi connectivity index (χ4n) is 2.57. The van der Waals surface area contributed by atoms with Crippen LogP contribution in [-0.2, 0) is 0 Å². The molecule has 2 aromatic heterocycles. The van der Waals surface area contributed by atoms with Crippen LogP contribution < -0.4 is 5.56 Å². The van der Waals surface area contributed by atoms with Crippen LogP contribution in [0.5, 0.6) is 0 Å². The lowest BCUT2D eigenvalue weighted by Crippen LogP contribution is -2.22. The Morgan fingerprint density at radius 1 is 0.864 bits per heavy atom. The molecule has 0 aliphatic rings. The summed E-state index contributed by atoms with van der Waals surface area (Å²) in [5, 5.41) is 14.4. The number of hydrogen-bond acceptors (Lipinski definition) is 4. The lowest BCUT2D eigenvalue weighted by atomic mass is 10.1. The summed E-state index contributed by atoms with van der Waals surface area (Å²) >= 11 is 0. The first kappa shape index (κ1) is 12.6. The minimum Gasteiger partial charge on any atom is -0.265 e. The summed E-state index contributed by atoms with van der Waals surface area (Å²) in [6.07, 6.45) is 0. The Bertz CT molecular complexity index is 1050. The lowest BCUT2D eigenvalue weighted by Gasteiger charge is -2.09. The monoisotopic (exact) mass is 288 g/mol. The molecule has 0 bridgehead atoms. The summed E-state index contributed by atoms with van der Waals surface area (Å²) in [5.74, 6) is 0. The highest BCUT2D eigenvalue weighted by molar-refractivity contribution is 6.01. The zero-order chi connectivity index (χ0) is 15.1. The quantitative estimate of drug-likeness (QED) is 0.505. The highest BCUT2D eigenvalue weighted by Gasteiger charge is 2.13. The zero-order valence-corrected chi connectivity index (χ0v) is 11.9. The standard InChI is InChI=1S/C17H12N4O/c1-11-17(22)21-16(19-18-11)14-10-6-5-9-13(14)15(20-21)12-7-3-2-4-8-12/h2-10H,1H3. The van der Waals surface area contributed by atoms with Gasteiger partial charge < -0.3 is 0 Å². The number of fused-ring (bicyclic) bond motifs is 3. The maximum atomic E-state index is 12.4. The van der Waals surface area contributed by atoms with E-state index in [0.29, 0.717) is 11.3 Å². The Morgan fingerprint density at radius 3 is 2.32 bits per heavy atom. The van der Waals surface area contributed by atoms with Crippen molar-refractivity contribution in [2.24, 2.45) is 0 Å². The van der Waals surface area contributed by atoms with Gasteiger partial charge in [0.1, 0.15) is 5.69 Å². The van der Waals surface area contributed by atoms with Crippen LogP contribution in [0.25, 0.3) is 27.7 Å². The lowest BCUT2D eigenvalue weighted by molar-refractivity contribution is 0.813. The van der Waals surface area contributed by atoms with E-state index in [1.807, 2.05) is 54.6 Å². The molecule has 4 aromatic rings. The van der Waals surface area contributed by atoms with Crippen molar-refractivity contribution in [3.63, 3.8) is 0 Å². The van der Waals surface area contributed by atoms with E-state index in [0.717, 1.165) is 22.0 Å². The molecule has 0 unspecified atom stereocenters. The maximum absolute atomic E-state index is 12.4. The summed E-state index contributed by atoms with van der Waals surface area (Å²) < 4.78 is 1.34. The molecule has 2 aromatic carbocycles. The number of aromatic nitrogens is 4. The molecule has 0 saturated heterocycles. The number of benzene rings is 2. The van der Waals surface area contributed by atoms with Gasteiger partial charge in [-0.15, -0.1) is 10.2 Å². The van der Waals surface area contributed by atoms with Crippen LogP contribution in [-0.4, -0.2) is 19.8 Å². The third kappa shape index (κ3) is 1.79. The van der Waals surface area contributed by atoms with Gasteiger partial charge in [-0.25, -0.2) is 0 Å². The van der Waals surface area contributed by atoms with E-state index in [-0.39, 0.29) is 5.56 Å². The van der Waals surface area contributed by atoms with Gasteiger partial charge in [0, 0.05) is 16.3 Å². The Labute approximate surface area is 125 Å². The number of hydrogen-bond donors (Lipinski definition) is 0. The molecule has 0 aliphatic heterocycles. The van der Waals surface area contributed by atoms with Gasteiger partial charge in [-0.3, -0.25) is 4.79 Å². The van der Waals surface area contributed by atoms with Crippen molar-refractivity contribution >= 4 is 16.4 Å². The molecule has 0 spiro atoms. The van der Waals surface area contributed by atoms with Gasteiger partial charge in [0.05, 0.1) is 5.69 Å². The molecule has 5 nitrogen and oxygen atoms in total. The molecule has 4 rings (SSSR count). The SMILES string of the molecule is Cc1nnc2c3ccccc3c(-c3ccccc3)nn2c1=O. The van der Waals surface area contributed by atoms with Crippen LogP contribution >= 0.6 is 0 Å². The summed E-state index contributed by atoms with van der Waals surface area (Å²) in [7, 11) is 0. The summed E-state index contributed by atoms with van der Waals surface area (Å²) in [5.41, 5.74) is 2.29. The third-order valence-electron chi connectivity index (χ3n) is 3.67. The number of rotatable bonds is 1. The van der Waals surface area contributed by atoms with E-state index in [9.17, 15) is 4.79 Å². The van der Waals surface area contributed by atoms with Crippen LogP contribution in [0.2, 0.25) is 0 Å². The van der Waals surface area contributed by atoms with Crippen molar-refractivity contribution in [3.05, 3.63) is 70.6 Å². The van der Waals surface area contributed by atoms with Crippen LogP contribution in [0.1, 0.15) is 5.69 Å². The van der Waals surface area contributed by atoms with Gasteiger partial charge in [0.2, 0.25) is 0 Å². The summed E-state index contributed by atoms with van der Waals surface area (Å²) in [6.45, 7) is 1.64. The van der Waals surface area contributed by atoms with Gasteiger partial charge >= 0.3 is 0 Å². The van der Waals surface area contributed by atoms with Crippen LogP contribution in [0.3, 0.4) is 0 Å². The Kier molecular flexibility index (Phi) is 2.72. The van der Waals surface area contributed by atoms with E-state index in [1.54, 1.807) is 6.92 Å². The normalized spacial score (nSPS) is 11.1. The van der Waals surface area contributed by atoms with Crippen molar-refractivity contribution in [2.45, 2.75) is 6.92 Å². The van der Waals surface area contributed by atoms with E-state index < -0.39 is 0 Å². The number of nitrogens with zero attached hydrogens (tertiary/aromatic N) is 4. The highest BCUT2D eigenvalue weighted by atomic mass is 16.1. The van der Waals surface area contributed by atoms with Crippen molar-refractivity contribution in [1.82, 2.24) is 19.8 Å². The Morgan fingerprint density at radius 2 is 1.55 bits per heavy atom. The van der Waals surface area contributed by atoms with E-state index in [1.165, 1.54) is 4.52 Å². The molecule has 0 saturated carbocycles. The van der Waals surface area contributed by atoms with Gasteiger partial charge in [0.25, 0.3) is 5.56 Å². The smallest absolute Gasteiger partial charge is 0.265 e. The van der Waals surface area contributed by atoms with E-state index >= 15 is 0 Å². The average Bonchev–Trinajstić information content (AvgIpc) is 2.58. The third-order valence-corrected chi connectivity index (χ3v) is 3.67. The predicted molar refractivity (Wildman–Crippen MR) is 84.7 cm³/mol. The van der Waals surface area contributed by atoms with E-state index in [2.05, 4.69) is 15.3 Å². The van der Waals surface area contributed by atoms with Crippen molar-refractivity contribution in [2.75, 3.05) is 0 Å². The van der Waals surface area contributed by atoms with Gasteiger partial charge in [-0.05, 0) is 6.92 Å². The second kappa shape index (κ2) is 4.73. The Hall–Kier alpha value is -3.08. The number of aryl methyl sites for hydroxylation is 1. The van der Waals surface area contributed by atoms with Gasteiger partial charge in [-0.2, -0.15) is 9.61 Å². The molecule has 2 heterocycles. The van der Waals surface area contributed by atoms with Crippen molar-refractivity contribution in [1.29, 1.82) is 0 Å². The fourth-order valence-corrected chi connectivity index (χ4v) is 2.57. The second-order valence-corrected chi connectivity index (χ2v) is 5.09. The summed E-state index contributed by atoms with van der Waals surface area (Å²) in [4.78, 5) is 12.4. The van der Waals surface area contributed by atoms with Crippen molar-refractivity contribution < 1.29 is 0 Å². The predicted octanol–water partition coefficient (Wildman–Crippen LogP) is 2.61. The van der Waals surface area contributed by atoms with Crippen molar-refractivity contribution in [3.8, 4) is 11.3 Å². The first-order valence-corrected chi connectivity index (χ1v) is 6.96. The second-order valence-electron chi connectivity index (χ2n) is 5.09. The van der Waals surface area contributed by atoms with Crippen LogP contribution in [0.4, 0.5) is 0 Å². The topological polar surface area (TPSA) is 60.1 Å². The van der Waals surface area contributed by atoms with Gasteiger partial charge in [-0.1, -0.05) is 54.6 Å². The summed E-state index contributed by atoms with van der Waals surface area (Å²) in [6, 6.07) is 17.6. The fraction of sp³-hybridized carbons (Fsp3) is 0.0588. The highest BCUT2D eigenvalue weighted by Crippen LogP contribution is 2.27. The molecular formula is C17H12N4O. The first-order valence-electron chi connectivity index (χ1n) is 6.96. The molecule has 22 heavy (non-hydrogen) atoms. The first-order chi connectivity index (χ1) is 10.8. The van der Waals surface area contributed by atoms with Crippen LogP contribution in [0, 0.1) is 6.92 Å². The molecule has 0 N–H and O–H groups in total. The average molecular weight is 288 g/mol. The largest absolute Gasteiger partial charge is 0.296 e. The van der Waals surface area contributed by atoms with Gasteiger partial charge in [0.15, 0.2) is 5.65 Å². The molecule has 0 radical (unpaired) electrons. The van der Waals surface area contributed by atoms with Crippen LogP contribution in [0.15, 0.2) is 59.4 Å².